The number of hydrogen-bond acceptors (Lipinski definition) is 6. The molecule has 0 aliphatic heterocycles. The second kappa shape index (κ2) is 8.98. The summed E-state index contributed by atoms with van der Waals surface area (Å²) < 4.78 is 1.80. The van der Waals surface area contributed by atoms with Crippen LogP contribution in [0.3, 0.4) is 0 Å². The van der Waals surface area contributed by atoms with E-state index in [0.717, 1.165) is 22.5 Å². The number of rotatable bonds is 7. The number of para-hydroxylation sites is 1. The van der Waals surface area contributed by atoms with E-state index in [1.165, 1.54) is 18.1 Å². The minimum Gasteiger partial charge on any atom is -0.272 e. The molecule has 0 aliphatic carbocycles. The standard InChI is InChI=1S/C20H17N7OS/c28-18(13-29-20-21-14-23-25-20)24-22-11-16-12-27(17-9-5-2-6-10-17)26-19(16)15-7-3-1-4-8-15/h1-12,14H,13H2,(H,24,28)(H,21,23,25). The summed E-state index contributed by atoms with van der Waals surface area (Å²) in [7, 11) is 0. The van der Waals surface area contributed by atoms with E-state index in [0.29, 0.717) is 5.16 Å². The van der Waals surface area contributed by atoms with Crippen molar-refractivity contribution in [3.8, 4) is 16.9 Å². The molecule has 4 aromatic rings. The number of nitrogens with zero attached hydrogens (tertiary/aromatic N) is 5. The van der Waals surface area contributed by atoms with Crippen molar-refractivity contribution in [2.75, 3.05) is 5.75 Å². The highest BCUT2D eigenvalue weighted by atomic mass is 32.2. The molecule has 0 bridgehead atoms. The van der Waals surface area contributed by atoms with Crippen molar-refractivity contribution in [1.82, 2.24) is 30.4 Å². The summed E-state index contributed by atoms with van der Waals surface area (Å²) in [6.07, 6.45) is 4.89. The van der Waals surface area contributed by atoms with Crippen LogP contribution in [0.4, 0.5) is 0 Å². The Morgan fingerprint density at radius 1 is 1.14 bits per heavy atom. The molecule has 2 heterocycles. The third kappa shape index (κ3) is 4.77. The maximum absolute atomic E-state index is 12.0. The zero-order valence-electron chi connectivity index (χ0n) is 15.3. The summed E-state index contributed by atoms with van der Waals surface area (Å²) in [5.41, 5.74) is 6.02. The summed E-state index contributed by atoms with van der Waals surface area (Å²) >= 11 is 1.25. The lowest BCUT2D eigenvalue weighted by Gasteiger charge is -2.00. The van der Waals surface area contributed by atoms with Crippen LogP contribution in [-0.2, 0) is 4.79 Å². The predicted molar refractivity (Wildman–Crippen MR) is 112 cm³/mol. The predicted octanol–water partition coefficient (Wildman–Crippen LogP) is 2.90. The molecule has 0 fully saturated rings. The number of carbonyl (C=O) groups is 1. The first-order valence-electron chi connectivity index (χ1n) is 8.80. The molecule has 1 amide bonds. The molecule has 9 heteroatoms. The van der Waals surface area contributed by atoms with Crippen molar-refractivity contribution in [1.29, 1.82) is 0 Å². The second-order valence-corrected chi connectivity index (χ2v) is 6.92. The lowest BCUT2D eigenvalue weighted by Crippen LogP contribution is -2.19. The number of hydrogen-bond donors (Lipinski definition) is 2. The zero-order valence-corrected chi connectivity index (χ0v) is 16.1. The fourth-order valence-corrected chi connectivity index (χ4v) is 3.19. The SMILES string of the molecule is O=C(CSc1ncn[nH]1)NN=Cc1cn(-c2ccccc2)nc1-c1ccccc1. The van der Waals surface area contributed by atoms with E-state index in [4.69, 9.17) is 5.10 Å². The summed E-state index contributed by atoms with van der Waals surface area (Å²) in [5.74, 6) is -0.0548. The van der Waals surface area contributed by atoms with Gasteiger partial charge in [0.15, 0.2) is 5.16 Å². The van der Waals surface area contributed by atoms with E-state index >= 15 is 0 Å². The number of hydrazone groups is 1. The minimum atomic E-state index is -0.237. The Balaban J connectivity index is 1.51. The van der Waals surface area contributed by atoms with Gasteiger partial charge in [-0.3, -0.25) is 9.89 Å². The Hall–Kier alpha value is -3.72. The first-order chi connectivity index (χ1) is 14.3. The van der Waals surface area contributed by atoms with Gasteiger partial charge in [0, 0.05) is 17.3 Å². The monoisotopic (exact) mass is 403 g/mol. The van der Waals surface area contributed by atoms with Gasteiger partial charge in [0.2, 0.25) is 0 Å². The molecule has 29 heavy (non-hydrogen) atoms. The number of thioether (sulfide) groups is 1. The molecule has 0 saturated carbocycles. The molecule has 0 aliphatic rings. The molecule has 2 N–H and O–H groups in total. The zero-order chi connectivity index (χ0) is 19.9. The fourth-order valence-electron chi connectivity index (χ4n) is 2.62. The van der Waals surface area contributed by atoms with Crippen LogP contribution in [0.2, 0.25) is 0 Å². The molecule has 0 unspecified atom stereocenters. The third-order valence-electron chi connectivity index (χ3n) is 3.94. The van der Waals surface area contributed by atoms with E-state index < -0.39 is 0 Å². The highest BCUT2D eigenvalue weighted by Gasteiger charge is 2.11. The first-order valence-corrected chi connectivity index (χ1v) is 9.79. The number of aromatic amines is 1. The van der Waals surface area contributed by atoms with Crippen molar-refractivity contribution in [3.63, 3.8) is 0 Å². The molecule has 144 valence electrons. The summed E-state index contributed by atoms with van der Waals surface area (Å²) in [6.45, 7) is 0. The molecule has 4 rings (SSSR count). The highest BCUT2D eigenvalue weighted by molar-refractivity contribution is 7.99. The van der Waals surface area contributed by atoms with Crippen LogP contribution in [-0.4, -0.2) is 42.8 Å². The van der Waals surface area contributed by atoms with Gasteiger partial charge >= 0.3 is 0 Å². The number of aromatic nitrogens is 5. The van der Waals surface area contributed by atoms with Gasteiger partial charge < -0.3 is 0 Å². The summed E-state index contributed by atoms with van der Waals surface area (Å²) in [4.78, 5) is 15.9. The quantitative estimate of drug-likeness (QED) is 0.281. The maximum Gasteiger partial charge on any atom is 0.250 e. The van der Waals surface area contributed by atoms with Gasteiger partial charge in [0.1, 0.15) is 12.0 Å². The van der Waals surface area contributed by atoms with Crippen LogP contribution in [0.15, 0.2) is 83.4 Å². The first kappa shape index (κ1) is 18.6. The number of benzene rings is 2. The van der Waals surface area contributed by atoms with Crippen molar-refractivity contribution in [3.05, 3.63) is 78.8 Å². The lowest BCUT2D eigenvalue weighted by molar-refractivity contribution is -0.118. The topological polar surface area (TPSA) is 101 Å². The Kier molecular flexibility index (Phi) is 5.77. The van der Waals surface area contributed by atoms with E-state index in [1.807, 2.05) is 66.9 Å². The van der Waals surface area contributed by atoms with Gasteiger partial charge in [-0.05, 0) is 12.1 Å². The summed E-state index contributed by atoms with van der Waals surface area (Å²) in [6, 6.07) is 19.7. The van der Waals surface area contributed by atoms with Crippen LogP contribution in [0.25, 0.3) is 16.9 Å². The largest absolute Gasteiger partial charge is 0.272 e. The van der Waals surface area contributed by atoms with Gasteiger partial charge in [-0.25, -0.2) is 15.1 Å². The number of H-pyrrole nitrogens is 1. The molecular weight excluding hydrogens is 386 g/mol. The number of amides is 1. The highest BCUT2D eigenvalue weighted by Crippen LogP contribution is 2.22. The number of nitrogens with one attached hydrogen (secondary N) is 2. The molecule has 8 nitrogen and oxygen atoms in total. The minimum absolute atomic E-state index is 0.182. The molecule has 2 aromatic heterocycles. The van der Waals surface area contributed by atoms with Crippen LogP contribution in [0.1, 0.15) is 5.56 Å². The van der Waals surface area contributed by atoms with Crippen molar-refractivity contribution in [2.45, 2.75) is 5.16 Å². The van der Waals surface area contributed by atoms with Crippen LogP contribution in [0, 0.1) is 0 Å². The molecule has 0 atom stereocenters. The second-order valence-electron chi connectivity index (χ2n) is 5.95. The lowest BCUT2D eigenvalue weighted by atomic mass is 10.1. The van der Waals surface area contributed by atoms with E-state index in [-0.39, 0.29) is 11.7 Å². The molecule has 2 aromatic carbocycles. The van der Waals surface area contributed by atoms with Gasteiger partial charge in [0.05, 0.1) is 17.7 Å². The van der Waals surface area contributed by atoms with Crippen molar-refractivity contribution >= 4 is 23.9 Å². The Bertz CT molecular complexity index is 1090. The van der Waals surface area contributed by atoms with E-state index in [1.54, 1.807) is 10.9 Å². The Morgan fingerprint density at radius 3 is 2.62 bits per heavy atom. The van der Waals surface area contributed by atoms with Gasteiger partial charge in [-0.1, -0.05) is 60.3 Å². The van der Waals surface area contributed by atoms with Gasteiger partial charge in [0.25, 0.3) is 5.91 Å². The van der Waals surface area contributed by atoms with Gasteiger partial charge in [-0.2, -0.15) is 15.3 Å². The van der Waals surface area contributed by atoms with Crippen LogP contribution >= 0.6 is 11.8 Å². The normalized spacial score (nSPS) is 11.0. The average molecular weight is 403 g/mol. The Labute approximate surface area is 171 Å². The van der Waals surface area contributed by atoms with Crippen molar-refractivity contribution < 1.29 is 4.79 Å². The molecular formula is C20H17N7OS. The van der Waals surface area contributed by atoms with Crippen molar-refractivity contribution in [2.24, 2.45) is 5.10 Å². The average Bonchev–Trinajstić information content (AvgIpc) is 3.44. The Morgan fingerprint density at radius 2 is 1.90 bits per heavy atom. The number of carbonyl (C=O) groups excluding carboxylic acids is 1. The van der Waals surface area contributed by atoms with Crippen LogP contribution in [0.5, 0.6) is 0 Å². The molecule has 0 radical (unpaired) electrons. The van der Waals surface area contributed by atoms with E-state index in [9.17, 15) is 4.79 Å². The smallest absolute Gasteiger partial charge is 0.250 e. The van der Waals surface area contributed by atoms with E-state index in [2.05, 4.69) is 25.7 Å². The summed E-state index contributed by atoms with van der Waals surface area (Å²) in [5, 5.41) is 15.8. The third-order valence-corrected chi connectivity index (χ3v) is 4.81. The van der Waals surface area contributed by atoms with Crippen LogP contribution < -0.4 is 5.43 Å². The molecule has 0 spiro atoms. The maximum atomic E-state index is 12.0. The fraction of sp³-hybridized carbons (Fsp3) is 0.0500. The van der Waals surface area contributed by atoms with Gasteiger partial charge in [-0.15, -0.1) is 0 Å². The molecule has 0 saturated heterocycles.